The van der Waals surface area contributed by atoms with E-state index in [2.05, 4.69) is 112 Å². The minimum atomic E-state index is 0.770. The molecule has 30 unspecified atom stereocenters. The summed E-state index contributed by atoms with van der Waals surface area (Å²) < 4.78 is 0. The van der Waals surface area contributed by atoms with Crippen molar-refractivity contribution < 1.29 is 0 Å². The van der Waals surface area contributed by atoms with Gasteiger partial charge in [-0.3, -0.25) is 0 Å². The number of allylic oxidation sites excluding steroid dienone is 14. The highest BCUT2D eigenvalue weighted by Crippen LogP contribution is 2.72. The second-order valence-electron chi connectivity index (χ2n) is 25.4. The van der Waals surface area contributed by atoms with Gasteiger partial charge in [0.25, 0.3) is 0 Å². The van der Waals surface area contributed by atoms with Crippen LogP contribution in [-0.2, 0) is 0 Å². The minimum Gasteiger partial charge on any atom is -0.103 e. The quantitative estimate of drug-likeness (QED) is 0.204. The molecule has 8 bridgehead atoms. The SMILES string of the molecule is C=CC1CC2CC1C1C(C=CC3CC(C=CC4CC(C=CC5CC(C=CC)C6C7CC(C8CC=CC87)C56)C5C6CC(CC6C=C)C45)C4C5CC(C6CC=CC65)C34)CC(C)C21. The lowest BCUT2D eigenvalue weighted by Crippen LogP contribution is -2.33. The average molecular weight is 799 g/mol. The number of hydrogen-bond acceptors (Lipinski definition) is 0. The summed E-state index contributed by atoms with van der Waals surface area (Å²) >= 11 is 0. The van der Waals surface area contributed by atoms with Crippen molar-refractivity contribution in [3.05, 3.63) is 98.2 Å². The lowest BCUT2D eigenvalue weighted by Gasteiger charge is -2.37. The normalized spacial score (nSPS) is 62.4. The molecule has 12 saturated carbocycles. The van der Waals surface area contributed by atoms with E-state index in [1.54, 1.807) is 6.42 Å². The molecule has 0 aromatic heterocycles. The third-order valence-corrected chi connectivity index (χ3v) is 24.2. The number of fused-ring (bicyclic) bond motifs is 26. The van der Waals surface area contributed by atoms with Gasteiger partial charge in [-0.2, -0.15) is 0 Å². The van der Waals surface area contributed by atoms with Crippen LogP contribution in [0.3, 0.4) is 0 Å². The van der Waals surface area contributed by atoms with Gasteiger partial charge in [-0.05, 0) is 262 Å². The van der Waals surface area contributed by atoms with Gasteiger partial charge in [-0.15, -0.1) is 13.2 Å². The highest BCUT2D eigenvalue weighted by Gasteiger charge is 2.66. The molecule has 0 radical (unpaired) electrons. The first-order valence-corrected chi connectivity index (χ1v) is 26.8. The zero-order valence-electron chi connectivity index (χ0n) is 37.3. The fourth-order valence-corrected chi connectivity index (χ4v) is 23.2. The summed E-state index contributed by atoms with van der Waals surface area (Å²) in [5.41, 5.74) is 0. The van der Waals surface area contributed by atoms with Gasteiger partial charge in [0, 0.05) is 0 Å². The first-order chi connectivity index (χ1) is 29.5. The van der Waals surface area contributed by atoms with Gasteiger partial charge in [0.2, 0.25) is 0 Å². The van der Waals surface area contributed by atoms with Crippen molar-refractivity contribution >= 4 is 0 Å². The van der Waals surface area contributed by atoms with Gasteiger partial charge in [0.15, 0.2) is 0 Å². The summed E-state index contributed by atoms with van der Waals surface area (Å²) in [4.78, 5) is 0. The van der Waals surface area contributed by atoms with E-state index in [0.717, 1.165) is 178 Å². The molecule has 60 heavy (non-hydrogen) atoms. The molecule has 0 saturated heterocycles. The van der Waals surface area contributed by atoms with E-state index in [4.69, 9.17) is 0 Å². The number of rotatable bonds is 9. The fraction of sp³-hybridized carbons (Fsp3) is 0.733. The molecule has 0 aromatic rings. The van der Waals surface area contributed by atoms with E-state index in [-0.39, 0.29) is 0 Å². The zero-order valence-corrected chi connectivity index (χ0v) is 37.3. The molecular weight excluding hydrogens is 721 g/mol. The average Bonchev–Trinajstić information content (AvgIpc) is 4.08. The highest BCUT2D eigenvalue weighted by atomic mass is 14.7. The van der Waals surface area contributed by atoms with Crippen molar-refractivity contribution in [1.82, 2.24) is 0 Å². The van der Waals surface area contributed by atoms with Gasteiger partial charge in [0.05, 0.1) is 0 Å². The lowest BCUT2D eigenvalue weighted by atomic mass is 9.67. The smallest absolute Gasteiger partial charge is 0.0168 e. The van der Waals surface area contributed by atoms with Crippen molar-refractivity contribution in [2.24, 2.45) is 178 Å². The topological polar surface area (TPSA) is 0 Å². The second-order valence-corrected chi connectivity index (χ2v) is 25.4. The summed E-state index contributed by atoms with van der Waals surface area (Å²) in [5.74, 6) is 27.1. The molecular formula is C60H78. The van der Waals surface area contributed by atoms with Gasteiger partial charge < -0.3 is 0 Å². The predicted molar refractivity (Wildman–Crippen MR) is 247 cm³/mol. The standard InChI is InChI=1S/C60H78/c1-5-10-34-24-38(58-50-29-49(57(34)58)43-11-8-12-44(43)50)20-19-37-25-36(54-42-23-33(7-3)48(28-42)56(37)54)16-18-40-26-39(59-51-30-52(60(40)59)46-14-9-13-45(46)51)17-15-35-21-31(4)53-41-22-32(6-2)47(27-41)55(35)53/h5-11,14-20,31-60H,2-3,12-13,21-30H2,1,4H3. The van der Waals surface area contributed by atoms with E-state index < -0.39 is 0 Å². The van der Waals surface area contributed by atoms with Crippen LogP contribution in [0.1, 0.15) is 90.9 Å². The summed E-state index contributed by atoms with van der Waals surface area (Å²) in [7, 11) is 0. The van der Waals surface area contributed by atoms with Crippen LogP contribution in [0.2, 0.25) is 0 Å². The molecule has 0 aliphatic heterocycles. The van der Waals surface area contributed by atoms with Gasteiger partial charge in [-0.1, -0.05) is 92.0 Å². The van der Waals surface area contributed by atoms with Gasteiger partial charge in [-0.25, -0.2) is 0 Å². The van der Waals surface area contributed by atoms with Crippen LogP contribution in [0.15, 0.2) is 98.2 Å². The van der Waals surface area contributed by atoms with Crippen molar-refractivity contribution in [2.75, 3.05) is 0 Å². The predicted octanol–water partition coefficient (Wildman–Crippen LogP) is 14.1. The van der Waals surface area contributed by atoms with Crippen LogP contribution in [0.4, 0.5) is 0 Å². The molecule has 0 aromatic carbocycles. The van der Waals surface area contributed by atoms with Crippen molar-refractivity contribution in [3.8, 4) is 0 Å². The Labute approximate surface area is 365 Å². The monoisotopic (exact) mass is 799 g/mol. The maximum absolute atomic E-state index is 4.43. The molecule has 14 aliphatic carbocycles. The summed E-state index contributed by atoms with van der Waals surface area (Å²) in [6.07, 6.45) is 55.3. The third kappa shape index (κ3) is 4.99. The summed E-state index contributed by atoms with van der Waals surface area (Å²) in [5, 5.41) is 0. The van der Waals surface area contributed by atoms with Crippen molar-refractivity contribution in [1.29, 1.82) is 0 Å². The third-order valence-electron chi connectivity index (χ3n) is 24.2. The first-order valence-electron chi connectivity index (χ1n) is 26.8. The van der Waals surface area contributed by atoms with Gasteiger partial charge in [0.1, 0.15) is 0 Å². The van der Waals surface area contributed by atoms with Crippen molar-refractivity contribution in [2.45, 2.75) is 90.9 Å². The van der Waals surface area contributed by atoms with Crippen LogP contribution in [0.5, 0.6) is 0 Å². The van der Waals surface area contributed by atoms with E-state index >= 15 is 0 Å². The fourth-order valence-electron chi connectivity index (χ4n) is 23.2. The van der Waals surface area contributed by atoms with Crippen LogP contribution in [-0.4, -0.2) is 0 Å². The van der Waals surface area contributed by atoms with E-state index in [1.165, 1.54) is 70.6 Å². The Morgan fingerprint density at radius 1 is 0.367 bits per heavy atom. The molecule has 0 heteroatoms. The molecule has 0 nitrogen and oxygen atoms in total. The van der Waals surface area contributed by atoms with E-state index in [0.29, 0.717) is 0 Å². The molecule has 0 amide bonds. The van der Waals surface area contributed by atoms with Crippen LogP contribution in [0.25, 0.3) is 0 Å². The Kier molecular flexibility index (Phi) is 8.53. The molecule has 0 spiro atoms. The Balaban J connectivity index is 0.732. The van der Waals surface area contributed by atoms with Crippen LogP contribution >= 0.6 is 0 Å². The Bertz CT molecular complexity index is 1930. The minimum absolute atomic E-state index is 0.770. The molecule has 0 heterocycles. The van der Waals surface area contributed by atoms with Crippen LogP contribution in [0, 0.1) is 178 Å². The lowest BCUT2D eigenvalue weighted by molar-refractivity contribution is 0.127. The maximum Gasteiger partial charge on any atom is -0.0168 e. The summed E-state index contributed by atoms with van der Waals surface area (Å²) in [6.45, 7) is 13.7. The molecule has 318 valence electrons. The second kappa shape index (κ2) is 13.7. The summed E-state index contributed by atoms with van der Waals surface area (Å²) in [6, 6.07) is 0. The zero-order chi connectivity index (χ0) is 39.7. The molecule has 30 atom stereocenters. The van der Waals surface area contributed by atoms with Gasteiger partial charge >= 0.3 is 0 Å². The Hall–Kier alpha value is -2.08. The Morgan fingerprint density at radius 3 is 1.25 bits per heavy atom. The molecule has 14 aliphatic rings. The largest absolute Gasteiger partial charge is 0.103 e. The van der Waals surface area contributed by atoms with Crippen LogP contribution < -0.4 is 0 Å². The van der Waals surface area contributed by atoms with Crippen molar-refractivity contribution in [3.63, 3.8) is 0 Å². The molecule has 12 fully saturated rings. The first kappa shape index (κ1) is 37.3. The highest BCUT2D eigenvalue weighted by molar-refractivity contribution is 5.27. The van der Waals surface area contributed by atoms with E-state index in [9.17, 15) is 0 Å². The molecule has 0 N–H and O–H groups in total. The van der Waals surface area contributed by atoms with E-state index in [1.807, 2.05) is 0 Å². The molecule has 14 rings (SSSR count). The maximum atomic E-state index is 4.43. The Morgan fingerprint density at radius 2 is 0.767 bits per heavy atom. The number of hydrogen-bond donors (Lipinski definition) is 0.